The Hall–Kier alpha value is -0.910. The normalized spacial score (nSPS) is 14.1. The average Bonchev–Trinajstić information content (AvgIpc) is 2.16. The van der Waals surface area contributed by atoms with E-state index < -0.39 is 28.7 Å². The minimum absolute atomic E-state index is 0.0153. The molecular formula is C10H19NO4S. The lowest BCUT2D eigenvalue weighted by molar-refractivity contribution is -0.140. The van der Waals surface area contributed by atoms with Crippen molar-refractivity contribution in [3.8, 4) is 0 Å². The maximum atomic E-state index is 11.5. The van der Waals surface area contributed by atoms with E-state index in [1.165, 1.54) is 6.92 Å². The van der Waals surface area contributed by atoms with Crippen molar-refractivity contribution < 1.29 is 18.9 Å². The van der Waals surface area contributed by atoms with Gasteiger partial charge < -0.3 is 10.4 Å². The Bertz CT molecular complexity index is 268. The van der Waals surface area contributed by atoms with E-state index in [-0.39, 0.29) is 5.75 Å². The summed E-state index contributed by atoms with van der Waals surface area (Å²) in [7, 11) is -1.18. The summed E-state index contributed by atoms with van der Waals surface area (Å²) in [5.41, 5.74) is 0. The lowest BCUT2D eigenvalue weighted by atomic mass is 10.3. The Labute approximate surface area is 98.1 Å². The first kappa shape index (κ1) is 15.1. The number of carboxylic acids is 1. The zero-order chi connectivity index (χ0) is 12.6. The Morgan fingerprint density at radius 3 is 2.44 bits per heavy atom. The molecule has 0 aromatic heterocycles. The summed E-state index contributed by atoms with van der Waals surface area (Å²) in [6, 6.07) is -1.04. The number of amides is 1. The number of hydrogen-bond donors (Lipinski definition) is 2. The van der Waals surface area contributed by atoms with E-state index in [9.17, 15) is 13.8 Å². The molecule has 0 bridgehead atoms. The van der Waals surface area contributed by atoms with Crippen LogP contribution in [0.3, 0.4) is 0 Å². The molecule has 2 unspecified atom stereocenters. The van der Waals surface area contributed by atoms with Gasteiger partial charge in [0.25, 0.3) is 0 Å². The van der Waals surface area contributed by atoms with Gasteiger partial charge in [-0.3, -0.25) is 9.00 Å². The van der Waals surface area contributed by atoms with Gasteiger partial charge in [-0.2, -0.15) is 0 Å². The molecule has 6 heteroatoms. The van der Waals surface area contributed by atoms with Crippen molar-refractivity contribution in [2.45, 2.75) is 39.2 Å². The molecule has 0 aliphatic carbocycles. The van der Waals surface area contributed by atoms with Gasteiger partial charge in [0, 0.05) is 23.5 Å². The molecule has 0 spiro atoms. The van der Waals surface area contributed by atoms with Crippen LogP contribution in [0.4, 0.5) is 0 Å². The standard InChI is InChI=1S/C10H19NO4S/c1-3-4-5-6-16(15)7-9(10(13)14)11-8(2)12/h9H,3-7H2,1-2H3,(H,11,12)(H,13,14). The van der Waals surface area contributed by atoms with E-state index >= 15 is 0 Å². The molecule has 0 aliphatic rings. The van der Waals surface area contributed by atoms with Crippen LogP contribution < -0.4 is 5.32 Å². The van der Waals surface area contributed by atoms with Gasteiger partial charge in [-0.05, 0) is 6.42 Å². The summed E-state index contributed by atoms with van der Waals surface area (Å²) in [5.74, 6) is -1.08. The van der Waals surface area contributed by atoms with E-state index in [1.54, 1.807) is 0 Å². The smallest absolute Gasteiger partial charge is 0.327 e. The van der Waals surface area contributed by atoms with Crippen LogP contribution in [0.25, 0.3) is 0 Å². The zero-order valence-corrected chi connectivity index (χ0v) is 10.5. The van der Waals surface area contributed by atoms with Crippen LogP contribution in [0.2, 0.25) is 0 Å². The number of hydrogen-bond acceptors (Lipinski definition) is 3. The molecule has 0 heterocycles. The third-order valence-electron chi connectivity index (χ3n) is 2.00. The van der Waals surface area contributed by atoms with Gasteiger partial charge in [-0.1, -0.05) is 19.8 Å². The molecule has 0 rings (SSSR count). The number of carbonyl (C=O) groups excluding carboxylic acids is 1. The Kier molecular flexibility index (Phi) is 7.80. The summed E-state index contributed by atoms with van der Waals surface area (Å²) in [6.07, 6.45) is 2.85. The zero-order valence-electron chi connectivity index (χ0n) is 9.69. The Morgan fingerprint density at radius 2 is 2.00 bits per heavy atom. The SMILES string of the molecule is CCCCCS(=O)CC(NC(C)=O)C(=O)O. The number of aliphatic carboxylic acids is 1. The first-order valence-corrected chi connectivity index (χ1v) is 6.81. The molecule has 2 N–H and O–H groups in total. The molecular weight excluding hydrogens is 230 g/mol. The predicted octanol–water partition coefficient (Wildman–Crippen LogP) is 0.515. The lowest BCUT2D eigenvalue weighted by Gasteiger charge is -2.12. The van der Waals surface area contributed by atoms with Crippen LogP contribution in [0.5, 0.6) is 0 Å². The highest BCUT2D eigenvalue weighted by Crippen LogP contribution is 1.99. The van der Waals surface area contributed by atoms with Gasteiger partial charge in [0.1, 0.15) is 6.04 Å². The molecule has 5 nitrogen and oxygen atoms in total. The largest absolute Gasteiger partial charge is 0.480 e. The van der Waals surface area contributed by atoms with Crippen LogP contribution in [0.1, 0.15) is 33.1 Å². The van der Waals surface area contributed by atoms with Crippen LogP contribution >= 0.6 is 0 Å². The van der Waals surface area contributed by atoms with Crippen molar-refractivity contribution in [1.29, 1.82) is 0 Å². The number of unbranched alkanes of at least 4 members (excludes halogenated alkanes) is 2. The average molecular weight is 249 g/mol. The molecule has 94 valence electrons. The number of nitrogens with one attached hydrogen (secondary N) is 1. The van der Waals surface area contributed by atoms with Gasteiger partial charge in [-0.15, -0.1) is 0 Å². The molecule has 0 aromatic carbocycles. The van der Waals surface area contributed by atoms with Gasteiger partial charge >= 0.3 is 5.97 Å². The third kappa shape index (κ3) is 7.39. The van der Waals surface area contributed by atoms with Crippen molar-refractivity contribution in [3.63, 3.8) is 0 Å². The van der Waals surface area contributed by atoms with Gasteiger partial charge in [0.05, 0.1) is 5.75 Å². The van der Waals surface area contributed by atoms with Crippen LogP contribution in [-0.4, -0.2) is 38.7 Å². The highest BCUT2D eigenvalue weighted by molar-refractivity contribution is 7.85. The number of carboxylic acid groups (broad SMARTS) is 1. The van der Waals surface area contributed by atoms with Crippen LogP contribution in [-0.2, 0) is 20.4 Å². The van der Waals surface area contributed by atoms with Crippen LogP contribution in [0.15, 0.2) is 0 Å². The molecule has 16 heavy (non-hydrogen) atoms. The highest BCUT2D eigenvalue weighted by atomic mass is 32.2. The van der Waals surface area contributed by atoms with E-state index in [0.29, 0.717) is 5.75 Å². The lowest BCUT2D eigenvalue weighted by Crippen LogP contribution is -2.43. The van der Waals surface area contributed by atoms with E-state index in [2.05, 4.69) is 5.32 Å². The summed E-state index contributed by atoms with van der Waals surface area (Å²) in [5, 5.41) is 11.1. The van der Waals surface area contributed by atoms with E-state index in [0.717, 1.165) is 19.3 Å². The van der Waals surface area contributed by atoms with Crippen molar-refractivity contribution in [2.75, 3.05) is 11.5 Å². The van der Waals surface area contributed by atoms with Crippen molar-refractivity contribution in [2.24, 2.45) is 0 Å². The number of carbonyl (C=O) groups is 2. The Balaban J connectivity index is 4.03. The number of rotatable bonds is 8. The first-order chi connectivity index (χ1) is 7.47. The molecule has 0 fully saturated rings. The molecule has 0 aromatic rings. The molecule has 0 aliphatic heterocycles. The van der Waals surface area contributed by atoms with Gasteiger partial charge in [0.2, 0.25) is 5.91 Å². The van der Waals surface area contributed by atoms with E-state index in [1.807, 2.05) is 6.92 Å². The predicted molar refractivity (Wildman–Crippen MR) is 62.6 cm³/mol. The molecule has 0 saturated heterocycles. The highest BCUT2D eigenvalue weighted by Gasteiger charge is 2.20. The second-order valence-electron chi connectivity index (χ2n) is 3.61. The summed E-state index contributed by atoms with van der Waals surface area (Å²) >= 11 is 0. The molecule has 0 radical (unpaired) electrons. The van der Waals surface area contributed by atoms with Crippen molar-refractivity contribution >= 4 is 22.7 Å². The third-order valence-corrected chi connectivity index (χ3v) is 3.45. The molecule has 2 atom stereocenters. The summed E-state index contributed by atoms with van der Waals surface area (Å²) in [6.45, 7) is 3.29. The monoisotopic (exact) mass is 249 g/mol. The molecule has 0 saturated carbocycles. The minimum Gasteiger partial charge on any atom is -0.480 e. The van der Waals surface area contributed by atoms with Gasteiger partial charge in [0.15, 0.2) is 0 Å². The second kappa shape index (κ2) is 8.27. The summed E-state index contributed by atoms with van der Waals surface area (Å²) < 4.78 is 11.5. The Morgan fingerprint density at radius 1 is 1.38 bits per heavy atom. The van der Waals surface area contributed by atoms with Crippen LogP contribution in [0, 0.1) is 0 Å². The second-order valence-corrected chi connectivity index (χ2v) is 5.23. The topological polar surface area (TPSA) is 83.5 Å². The van der Waals surface area contributed by atoms with E-state index in [4.69, 9.17) is 5.11 Å². The minimum atomic E-state index is -1.18. The fourth-order valence-electron chi connectivity index (χ4n) is 1.20. The summed E-state index contributed by atoms with van der Waals surface area (Å²) in [4.78, 5) is 21.5. The first-order valence-electron chi connectivity index (χ1n) is 5.32. The van der Waals surface area contributed by atoms with Crippen molar-refractivity contribution in [1.82, 2.24) is 5.32 Å². The molecule has 1 amide bonds. The fourth-order valence-corrected chi connectivity index (χ4v) is 2.49. The maximum Gasteiger partial charge on any atom is 0.327 e. The van der Waals surface area contributed by atoms with Crippen molar-refractivity contribution in [3.05, 3.63) is 0 Å². The quantitative estimate of drug-likeness (QED) is 0.614. The fraction of sp³-hybridized carbons (Fsp3) is 0.800. The maximum absolute atomic E-state index is 11.5. The van der Waals surface area contributed by atoms with Gasteiger partial charge in [-0.25, -0.2) is 4.79 Å².